The first kappa shape index (κ1) is 14.8. The molecule has 4 nitrogen and oxygen atoms in total. The van der Waals surface area contributed by atoms with Crippen LogP contribution in [0, 0.1) is 0 Å². The molecule has 0 spiro atoms. The summed E-state index contributed by atoms with van der Waals surface area (Å²) in [5, 5.41) is 0. The minimum Gasteiger partial charge on any atom is -0.489 e. The monoisotopic (exact) mass is 305 g/mol. The summed E-state index contributed by atoms with van der Waals surface area (Å²) in [5.41, 5.74) is 1.78. The van der Waals surface area contributed by atoms with Crippen molar-refractivity contribution in [2.24, 2.45) is 4.99 Å². The second-order valence-electron chi connectivity index (χ2n) is 4.84. The Morgan fingerprint density at radius 3 is 2.61 bits per heavy atom. The molecule has 0 bridgehead atoms. The highest BCUT2D eigenvalue weighted by molar-refractivity contribution is 6.12. The summed E-state index contributed by atoms with van der Waals surface area (Å²) in [4.78, 5) is 16.3. The number of carbonyl (C=O) groups is 1. The Hall–Kier alpha value is -3.14. The van der Waals surface area contributed by atoms with Crippen LogP contribution in [-0.4, -0.2) is 18.5 Å². The first-order chi connectivity index (χ1) is 11.3. The van der Waals surface area contributed by atoms with Crippen molar-refractivity contribution in [3.8, 4) is 5.75 Å². The third kappa shape index (κ3) is 3.37. The van der Waals surface area contributed by atoms with Gasteiger partial charge in [0.1, 0.15) is 12.4 Å². The zero-order chi connectivity index (χ0) is 16.1. The topological polar surface area (TPSA) is 47.9 Å². The highest BCUT2D eigenvalue weighted by Crippen LogP contribution is 2.24. The van der Waals surface area contributed by atoms with Gasteiger partial charge in [-0.25, -0.2) is 9.79 Å². The van der Waals surface area contributed by atoms with E-state index in [9.17, 15) is 4.79 Å². The van der Waals surface area contributed by atoms with E-state index in [1.807, 2.05) is 54.6 Å². The lowest BCUT2D eigenvalue weighted by molar-refractivity contribution is -0.129. The normalized spacial score (nSPS) is 15.2. The van der Waals surface area contributed by atoms with Gasteiger partial charge in [0.05, 0.1) is 0 Å². The maximum absolute atomic E-state index is 12.0. The summed E-state index contributed by atoms with van der Waals surface area (Å²) < 4.78 is 10.8. The third-order valence-electron chi connectivity index (χ3n) is 3.21. The van der Waals surface area contributed by atoms with E-state index in [1.54, 1.807) is 12.2 Å². The molecule has 0 unspecified atom stereocenters. The van der Waals surface area contributed by atoms with Crippen molar-refractivity contribution in [3.05, 3.63) is 84.1 Å². The molecule has 2 aromatic carbocycles. The molecule has 4 heteroatoms. The molecule has 23 heavy (non-hydrogen) atoms. The fraction of sp³-hybridized carbons (Fsp3) is 0.0526. The van der Waals surface area contributed by atoms with E-state index in [4.69, 9.17) is 9.47 Å². The molecule has 0 N–H and O–H groups in total. The molecule has 0 amide bonds. The highest BCUT2D eigenvalue weighted by Gasteiger charge is 2.24. The van der Waals surface area contributed by atoms with Crippen LogP contribution in [0.3, 0.4) is 0 Å². The fourth-order valence-corrected chi connectivity index (χ4v) is 2.14. The smallest absolute Gasteiger partial charge is 0.363 e. The largest absolute Gasteiger partial charge is 0.489 e. The van der Waals surface area contributed by atoms with Crippen LogP contribution in [0.25, 0.3) is 6.08 Å². The molecule has 0 aliphatic carbocycles. The highest BCUT2D eigenvalue weighted by atomic mass is 16.6. The number of aliphatic imine (C=N–C) groups is 1. The van der Waals surface area contributed by atoms with Crippen LogP contribution in [0.4, 0.5) is 0 Å². The summed E-state index contributed by atoms with van der Waals surface area (Å²) in [6.45, 7) is 4.02. The third-order valence-corrected chi connectivity index (χ3v) is 3.21. The van der Waals surface area contributed by atoms with Gasteiger partial charge in [-0.05, 0) is 24.3 Å². The predicted molar refractivity (Wildman–Crippen MR) is 89.2 cm³/mol. The number of ether oxygens (including phenoxy) is 2. The molecule has 1 aliphatic rings. The first-order valence-electron chi connectivity index (χ1n) is 7.18. The van der Waals surface area contributed by atoms with Crippen LogP contribution in [-0.2, 0) is 9.53 Å². The van der Waals surface area contributed by atoms with Gasteiger partial charge >= 0.3 is 5.97 Å². The quantitative estimate of drug-likeness (QED) is 0.482. The van der Waals surface area contributed by atoms with Crippen LogP contribution < -0.4 is 4.74 Å². The molecule has 0 saturated carbocycles. The minimum atomic E-state index is -0.470. The number of rotatable bonds is 5. The van der Waals surface area contributed by atoms with Crippen LogP contribution in [0.5, 0.6) is 5.75 Å². The van der Waals surface area contributed by atoms with Crippen molar-refractivity contribution < 1.29 is 14.3 Å². The number of nitrogens with zero attached hydrogens (tertiary/aromatic N) is 1. The molecule has 0 radical (unpaired) electrons. The molecule has 3 rings (SSSR count). The Morgan fingerprint density at radius 1 is 1.09 bits per heavy atom. The summed E-state index contributed by atoms with van der Waals surface area (Å²) in [6, 6.07) is 16.7. The van der Waals surface area contributed by atoms with Crippen molar-refractivity contribution in [2.45, 2.75) is 0 Å². The number of para-hydroxylation sites is 1. The fourth-order valence-electron chi connectivity index (χ4n) is 2.14. The summed E-state index contributed by atoms with van der Waals surface area (Å²) >= 11 is 0. The van der Waals surface area contributed by atoms with Gasteiger partial charge in [-0.15, -0.1) is 0 Å². The lowest BCUT2D eigenvalue weighted by Crippen LogP contribution is -2.05. The Labute approximate surface area is 134 Å². The first-order valence-corrected chi connectivity index (χ1v) is 7.18. The molecule has 2 aromatic rings. The van der Waals surface area contributed by atoms with Crippen molar-refractivity contribution in [1.82, 2.24) is 0 Å². The van der Waals surface area contributed by atoms with E-state index in [-0.39, 0.29) is 5.70 Å². The van der Waals surface area contributed by atoms with E-state index in [2.05, 4.69) is 11.6 Å². The summed E-state index contributed by atoms with van der Waals surface area (Å²) in [6.07, 6.45) is 3.33. The van der Waals surface area contributed by atoms with Crippen molar-refractivity contribution in [2.75, 3.05) is 6.61 Å². The number of carbonyl (C=O) groups excluding carboxylic acids is 1. The van der Waals surface area contributed by atoms with Gasteiger partial charge in [-0.1, -0.05) is 49.1 Å². The Balaban J connectivity index is 1.92. The molecular formula is C19H15NO3. The van der Waals surface area contributed by atoms with Crippen LogP contribution in [0.1, 0.15) is 11.1 Å². The van der Waals surface area contributed by atoms with Gasteiger partial charge in [0, 0.05) is 11.1 Å². The van der Waals surface area contributed by atoms with Gasteiger partial charge in [0.15, 0.2) is 5.70 Å². The summed E-state index contributed by atoms with van der Waals surface area (Å²) in [7, 11) is 0. The Kier molecular flexibility index (Phi) is 4.34. The van der Waals surface area contributed by atoms with Gasteiger partial charge < -0.3 is 9.47 Å². The Morgan fingerprint density at radius 2 is 1.83 bits per heavy atom. The lowest BCUT2D eigenvalue weighted by Gasteiger charge is -2.06. The van der Waals surface area contributed by atoms with E-state index >= 15 is 0 Å². The van der Waals surface area contributed by atoms with Gasteiger partial charge in [-0.3, -0.25) is 0 Å². The predicted octanol–water partition coefficient (Wildman–Crippen LogP) is 3.60. The minimum absolute atomic E-state index is 0.249. The lowest BCUT2D eigenvalue weighted by atomic mass is 10.1. The second kappa shape index (κ2) is 6.75. The molecule has 114 valence electrons. The Bertz CT molecular complexity index is 791. The van der Waals surface area contributed by atoms with Gasteiger partial charge in [0.2, 0.25) is 5.90 Å². The number of esters is 1. The van der Waals surface area contributed by atoms with Crippen LogP contribution in [0.15, 0.2) is 77.9 Å². The van der Waals surface area contributed by atoms with Crippen molar-refractivity contribution >= 4 is 17.9 Å². The number of hydrogen-bond acceptors (Lipinski definition) is 4. The van der Waals surface area contributed by atoms with Crippen molar-refractivity contribution in [3.63, 3.8) is 0 Å². The second-order valence-corrected chi connectivity index (χ2v) is 4.84. The molecule has 0 fully saturated rings. The van der Waals surface area contributed by atoms with Crippen molar-refractivity contribution in [1.29, 1.82) is 0 Å². The maximum Gasteiger partial charge on any atom is 0.363 e. The average molecular weight is 305 g/mol. The van der Waals surface area contributed by atoms with E-state index < -0.39 is 5.97 Å². The molecule has 0 saturated heterocycles. The van der Waals surface area contributed by atoms with Gasteiger partial charge in [0.25, 0.3) is 0 Å². The van der Waals surface area contributed by atoms with E-state index in [0.29, 0.717) is 18.3 Å². The molecule has 1 heterocycles. The van der Waals surface area contributed by atoms with E-state index in [1.165, 1.54) is 0 Å². The van der Waals surface area contributed by atoms with Gasteiger partial charge in [-0.2, -0.15) is 0 Å². The van der Waals surface area contributed by atoms with Crippen LogP contribution >= 0.6 is 0 Å². The molecule has 0 aromatic heterocycles. The molecule has 0 atom stereocenters. The molecular weight excluding hydrogens is 290 g/mol. The number of cyclic esters (lactones) is 1. The molecule has 1 aliphatic heterocycles. The zero-order valence-electron chi connectivity index (χ0n) is 12.4. The average Bonchev–Trinajstić information content (AvgIpc) is 2.96. The standard InChI is InChI=1S/C19H15NO3/c1-2-12-22-17-11-7-6-10-15(17)13-16-19(21)23-18(20-16)14-8-4-3-5-9-14/h2-11,13H,1,12H2/b16-13-. The number of hydrogen-bond donors (Lipinski definition) is 0. The van der Waals surface area contributed by atoms with E-state index in [0.717, 1.165) is 11.1 Å². The van der Waals surface area contributed by atoms with Crippen LogP contribution in [0.2, 0.25) is 0 Å². The zero-order valence-corrected chi connectivity index (χ0v) is 12.4. The maximum atomic E-state index is 12.0. The summed E-state index contributed by atoms with van der Waals surface area (Å²) in [5.74, 6) is 0.504. The number of benzene rings is 2. The SMILES string of the molecule is C=CCOc1ccccc1/C=C1\N=C(c2ccccc2)OC1=O.